The van der Waals surface area contributed by atoms with Gasteiger partial charge in [0.1, 0.15) is 34.8 Å². The maximum absolute atomic E-state index is 16.3. The molecule has 0 bridgehead atoms. The van der Waals surface area contributed by atoms with Crippen LogP contribution in [0.2, 0.25) is 0 Å². The zero-order chi connectivity index (χ0) is 31.5. The number of hydrogen-bond donors (Lipinski definition) is 3. The fourth-order valence-electron chi connectivity index (χ4n) is 4.58. The first-order valence-electron chi connectivity index (χ1n) is 13.7. The summed E-state index contributed by atoms with van der Waals surface area (Å²) in [4.78, 5) is 12.8. The van der Waals surface area contributed by atoms with E-state index in [9.17, 15) is 17.6 Å². The van der Waals surface area contributed by atoms with Crippen LogP contribution < -0.4 is 25.8 Å². The number of nitrogens with zero attached hydrogens (tertiary/aromatic N) is 5. The van der Waals surface area contributed by atoms with Gasteiger partial charge in [-0.3, -0.25) is 4.68 Å². The zero-order valence-electron chi connectivity index (χ0n) is 24.4. The highest BCUT2D eigenvalue weighted by Crippen LogP contribution is 2.44. The van der Waals surface area contributed by atoms with Gasteiger partial charge in [-0.05, 0) is 44.5 Å². The molecule has 3 aromatic heterocycles. The van der Waals surface area contributed by atoms with Crippen molar-refractivity contribution in [1.29, 1.82) is 0 Å². The Labute approximate surface area is 244 Å². The van der Waals surface area contributed by atoms with E-state index in [0.717, 1.165) is 6.92 Å². The Morgan fingerprint density at radius 3 is 2.53 bits per heavy atom. The molecule has 0 amide bonds. The van der Waals surface area contributed by atoms with Crippen molar-refractivity contribution in [3.05, 3.63) is 46.8 Å². The molecule has 1 unspecified atom stereocenters. The Balaban J connectivity index is 0.00000207. The molecule has 0 spiro atoms. The van der Waals surface area contributed by atoms with Crippen molar-refractivity contribution in [3.63, 3.8) is 0 Å². The van der Waals surface area contributed by atoms with Gasteiger partial charge in [-0.2, -0.15) is 28.2 Å². The van der Waals surface area contributed by atoms with Gasteiger partial charge in [0, 0.05) is 31.9 Å². The first-order valence-corrected chi connectivity index (χ1v) is 13.7. The molecule has 0 aliphatic carbocycles. The molecular weight excluding hydrogens is 575 g/mol. The third-order valence-corrected chi connectivity index (χ3v) is 6.70. The molecule has 0 saturated heterocycles. The van der Waals surface area contributed by atoms with Crippen molar-refractivity contribution in [3.8, 4) is 23.1 Å². The number of benzene rings is 1. The van der Waals surface area contributed by atoms with Crippen molar-refractivity contribution < 1.29 is 31.4 Å². The molecule has 1 aliphatic heterocycles. The molecular formula is C28H33F5N8O2. The molecule has 0 saturated carbocycles. The van der Waals surface area contributed by atoms with Gasteiger partial charge < -0.3 is 25.8 Å². The number of nitrogen functional groups attached to an aromatic ring is 1. The van der Waals surface area contributed by atoms with Crippen LogP contribution in [-0.4, -0.2) is 50.5 Å². The van der Waals surface area contributed by atoms with Crippen molar-refractivity contribution >= 4 is 22.4 Å². The van der Waals surface area contributed by atoms with Gasteiger partial charge in [-0.25, -0.2) is 13.8 Å². The van der Waals surface area contributed by atoms with Crippen LogP contribution in [0, 0.1) is 18.6 Å². The molecule has 5 rings (SSSR count). The molecule has 0 fully saturated rings. The third-order valence-electron chi connectivity index (χ3n) is 6.70. The summed E-state index contributed by atoms with van der Waals surface area (Å²) in [6.45, 7) is 8.14. The van der Waals surface area contributed by atoms with Crippen LogP contribution in [0.3, 0.4) is 0 Å². The summed E-state index contributed by atoms with van der Waals surface area (Å²) in [6, 6.07) is 2.18. The minimum Gasteiger partial charge on any atom is -0.474 e. The maximum Gasteiger partial charge on any atom is 0.417 e. The number of rotatable bonds is 4. The van der Waals surface area contributed by atoms with E-state index in [1.54, 1.807) is 30.9 Å². The van der Waals surface area contributed by atoms with Crippen molar-refractivity contribution in [2.45, 2.75) is 53.0 Å². The summed E-state index contributed by atoms with van der Waals surface area (Å²) in [5.74, 6) is -2.54. The van der Waals surface area contributed by atoms with Crippen LogP contribution in [0.4, 0.5) is 33.5 Å². The summed E-state index contributed by atoms with van der Waals surface area (Å²) in [5.41, 5.74) is 1.68. The molecule has 1 atom stereocenters. The van der Waals surface area contributed by atoms with Crippen LogP contribution in [-0.2, 0) is 19.8 Å². The van der Waals surface area contributed by atoms with E-state index >= 15 is 4.39 Å². The van der Waals surface area contributed by atoms with Crippen LogP contribution in [0.25, 0.3) is 22.2 Å². The number of hydrogen-bond acceptors (Lipinski definition) is 9. The quantitative estimate of drug-likeness (QED) is 0.207. The average molecular weight is 609 g/mol. The van der Waals surface area contributed by atoms with Gasteiger partial charge in [0.05, 0.1) is 23.0 Å². The van der Waals surface area contributed by atoms with Crippen LogP contribution in [0.1, 0.15) is 44.0 Å². The molecule has 4 heterocycles. The second kappa shape index (κ2) is 12.9. The Hall–Kier alpha value is -4.27. The lowest BCUT2D eigenvalue weighted by molar-refractivity contribution is -0.137. The first kappa shape index (κ1) is 31.7. The monoisotopic (exact) mass is 608 g/mol. The fourth-order valence-corrected chi connectivity index (χ4v) is 4.58. The van der Waals surface area contributed by atoms with Crippen molar-refractivity contribution in [1.82, 2.24) is 30.0 Å². The molecule has 232 valence electrons. The maximum atomic E-state index is 16.3. The van der Waals surface area contributed by atoms with E-state index in [-0.39, 0.29) is 29.7 Å². The van der Waals surface area contributed by atoms with Gasteiger partial charge in [-0.15, -0.1) is 0 Å². The standard InChI is InChI=1S/C26H27F5N8O2.C2H6/c1-12-4-6-33-8-9-34-23-17-22(37-25(38-23)40-11-14-5-7-35-39(14)3)20(28)21(36-24(17)41-12)15-10-16(32)19(27)13(2)18(15)26(29,30)31;1-2/h5,7,10,12,33H,4,6,8-9,11,32H2,1-3H3,(H,34,37,38);1-2H3. The van der Waals surface area contributed by atoms with Gasteiger partial charge in [0.15, 0.2) is 5.82 Å². The second-order valence-corrected chi connectivity index (χ2v) is 9.61. The number of pyridine rings is 1. The van der Waals surface area contributed by atoms with E-state index in [1.165, 1.54) is 0 Å². The topological polar surface area (TPSA) is 125 Å². The van der Waals surface area contributed by atoms with Crippen LogP contribution in [0.15, 0.2) is 18.3 Å². The molecule has 43 heavy (non-hydrogen) atoms. The lowest BCUT2D eigenvalue weighted by Gasteiger charge is -2.21. The van der Waals surface area contributed by atoms with Gasteiger partial charge >= 0.3 is 12.2 Å². The van der Waals surface area contributed by atoms with Crippen molar-refractivity contribution in [2.75, 3.05) is 30.7 Å². The van der Waals surface area contributed by atoms with E-state index in [4.69, 9.17) is 15.2 Å². The molecule has 15 heteroatoms. The highest BCUT2D eigenvalue weighted by molar-refractivity contribution is 5.96. The van der Waals surface area contributed by atoms with Gasteiger partial charge in [0.2, 0.25) is 5.88 Å². The summed E-state index contributed by atoms with van der Waals surface area (Å²) >= 11 is 0. The number of aromatic nitrogens is 5. The number of nitrogens with one attached hydrogen (secondary N) is 2. The summed E-state index contributed by atoms with van der Waals surface area (Å²) in [7, 11) is 1.71. The highest BCUT2D eigenvalue weighted by atomic mass is 19.4. The molecule has 0 radical (unpaired) electrons. The molecule has 4 N–H and O–H groups in total. The number of alkyl halides is 3. The second-order valence-electron chi connectivity index (χ2n) is 9.61. The summed E-state index contributed by atoms with van der Waals surface area (Å²) < 4.78 is 86.8. The Bertz CT molecular complexity index is 1610. The lowest BCUT2D eigenvalue weighted by atomic mass is 9.96. The Kier molecular flexibility index (Phi) is 9.52. The van der Waals surface area contributed by atoms with Crippen LogP contribution >= 0.6 is 0 Å². The molecule has 4 aromatic rings. The molecule has 10 nitrogen and oxygen atoms in total. The van der Waals surface area contributed by atoms with Gasteiger partial charge in [0.25, 0.3) is 0 Å². The molecule has 1 aromatic carbocycles. The fraction of sp³-hybridized carbons (Fsp3) is 0.429. The zero-order valence-corrected chi connectivity index (χ0v) is 24.4. The van der Waals surface area contributed by atoms with Crippen molar-refractivity contribution in [2.24, 2.45) is 7.05 Å². The minimum absolute atomic E-state index is 0.0190. The predicted molar refractivity (Wildman–Crippen MR) is 152 cm³/mol. The number of halogens is 5. The van der Waals surface area contributed by atoms with E-state index in [1.807, 2.05) is 13.8 Å². The Morgan fingerprint density at radius 2 is 1.86 bits per heavy atom. The largest absolute Gasteiger partial charge is 0.474 e. The molecule has 1 aliphatic rings. The first-order chi connectivity index (χ1) is 20.5. The normalized spacial score (nSPS) is 15.5. The number of anilines is 2. The van der Waals surface area contributed by atoms with E-state index < -0.39 is 57.5 Å². The third kappa shape index (κ3) is 6.55. The highest BCUT2D eigenvalue weighted by Gasteiger charge is 2.39. The van der Waals surface area contributed by atoms with E-state index in [2.05, 4.69) is 30.7 Å². The minimum atomic E-state index is -5.05. The Morgan fingerprint density at radius 1 is 1.12 bits per heavy atom. The average Bonchev–Trinajstić information content (AvgIpc) is 3.36. The predicted octanol–water partition coefficient (Wildman–Crippen LogP) is 5.39. The summed E-state index contributed by atoms with van der Waals surface area (Å²) in [5, 5.41) is 10.4. The van der Waals surface area contributed by atoms with E-state index in [0.29, 0.717) is 37.8 Å². The SMILES string of the molecule is CC.Cc1c(F)c(N)cc(-c2nc3c4c(nc(OCc5ccnn5C)nc4c2F)NCCNCCC(C)O3)c1C(F)(F)F. The lowest BCUT2D eigenvalue weighted by Crippen LogP contribution is -2.26. The van der Waals surface area contributed by atoms with Crippen LogP contribution in [0.5, 0.6) is 11.9 Å². The number of ether oxygens (including phenoxy) is 2. The number of nitrogens with two attached hydrogens (primary N) is 1. The van der Waals surface area contributed by atoms with Gasteiger partial charge in [-0.1, -0.05) is 13.8 Å². The smallest absolute Gasteiger partial charge is 0.417 e. The number of aryl methyl sites for hydroxylation is 1. The summed E-state index contributed by atoms with van der Waals surface area (Å²) in [6.07, 6.45) is -3.43.